The molecule has 0 bridgehead atoms. The fraction of sp³-hybridized carbons (Fsp3) is 0.600. The van der Waals surface area contributed by atoms with Gasteiger partial charge in [-0.05, 0) is 37.9 Å². The molecule has 0 radical (unpaired) electrons. The summed E-state index contributed by atoms with van der Waals surface area (Å²) >= 11 is 0. The fourth-order valence-electron chi connectivity index (χ4n) is 4.05. The van der Waals surface area contributed by atoms with Gasteiger partial charge in [-0.15, -0.1) is 0 Å². The maximum Gasteiger partial charge on any atom is 0.238 e. The molecule has 1 saturated heterocycles. The lowest BCUT2D eigenvalue weighted by molar-refractivity contribution is -0.128. The molecule has 1 saturated carbocycles. The van der Waals surface area contributed by atoms with Crippen molar-refractivity contribution in [2.45, 2.75) is 56.7 Å². The normalized spacial score (nSPS) is 26.1. The molecule has 1 amide bonds. The zero-order chi connectivity index (χ0) is 17.6. The van der Waals surface area contributed by atoms with E-state index in [9.17, 15) is 9.59 Å². The molecule has 3 atom stereocenters. The number of carbonyl (C=O) groups is 2. The molecule has 1 N–H and O–H groups in total. The van der Waals surface area contributed by atoms with Gasteiger partial charge in [0.25, 0.3) is 0 Å². The van der Waals surface area contributed by atoms with Gasteiger partial charge in [-0.25, -0.2) is 0 Å². The van der Waals surface area contributed by atoms with Crippen LogP contribution in [0.5, 0.6) is 5.75 Å². The average molecular weight is 344 g/mol. The number of amides is 1. The Kier molecular flexibility index (Phi) is 6.08. The van der Waals surface area contributed by atoms with E-state index >= 15 is 0 Å². The summed E-state index contributed by atoms with van der Waals surface area (Å²) < 4.78 is 5.98. The Morgan fingerprint density at radius 1 is 1.24 bits per heavy atom. The third kappa shape index (κ3) is 4.60. The van der Waals surface area contributed by atoms with Crippen molar-refractivity contribution in [2.24, 2.45) is 5.92 Å². The van der Waals surface area contributed by atoms with Gasteiger partial charge in [-0.2, -0.15) is 0 Å². The third-order valence-electron chi connectivity index (χ3n) is 5.47. The van der Waals surface area contributed by atoms with E-state index in [-0.39, 0.29) is 24.1 Å². The summed E-state index contributed by atoms with van der Waals surface area (Å²) in [6, 6.07) is 9.11. The number of likely N-dealkylation sites (N-methyl/N-ethyl adjacent to an activating group) is 1. The van der Waals surface area contributed by atoms with Crippen LogP contribution in [0.1, 0.15) is 38.5 Å². The highest BCUT2D eigenvalue weighted by Gasteiger charge is 2.37. The van der Waals surface area contributed by atoms with Gasteiger partial charge < -0.3 is 14.8 Å². The van der Waals surface area contributed by atoms with Crippen molar-refractivity contribution >= 4 is 12.2 Å². The lowest BCUT2D eigenvalue weighted by Crippen LogP contribution is -2.49. The maximum absolute atomic E-state index is 12.7. The molecule has 0 unspecified atom stereocenters. The molecule has 1 aliphatic carbocycles. The van der Waals surface area contributed by atoms with E-state index in [0.29, 0.717) is 18.9 Å². The number of hydrogen-bond donors (Lipinski definition) is 1. The summed E-state index contributed by atoms with van der Waals surface area (Å²) in [5.41, 5.74) is 0. The quantitative estimate of drug-likeness (QED) is 0.805. The van der Waals surface area contributed by atoms with Crippen LogP contribution in [0.4, 0.5) is 0 Å². The summed E-state index contributed by atoms with van der Waals surface area (Å²) in [4.78, 5) is 26.2. The van der Waals surface area contributed by atoms with E-state index in [1.807, 2.05) is 42.3 Å². The molecule has 1 heterocycles. The van der Waals surface area contributed by atoms with Crippen molar-refractivity contribution in [2.75, 3.05) is 13.6 Å². The Bertz CT molecular complexity index is 572. The molecule has 2 aliphatic rings. The van der Waals surface area contributed by atoms with Crippen molar-refractivity contribution in [1.29, 1.82) is 0 Å². The molecule has 0 spiro atoms. The second kappa shape index (κ2) is 8.48. The topological polar surface area (TPSA) is 58.6 Å². The Labute approximate surface area is 149 Å². The lowest BCUT2D eigenvalue weighted by Gasteiger charge is -2.29. The third-order valence-corrected chi connectivity index (χ3v) is 5.47. The Morgan fingerprint density at radius 2 is 1.96 bits per heavy atom. The summed E-state index contributed by atoms with van der Waals surface area (Å²) in [5, 5.41) is 2.99. The number of nitrogens with zero attached hydrogens (tertiary/aromatic N) is 1. The van der Waals surface area contributed by atoms with E-state index in [0.717, 1.165) is 37.7 Å². The van der Waals surface area contributed by atoms with Gasteiger partial charge in [-0.3, -0.25) is 9.69 Å². The second-order valence-corrected chi connectivity index (χ2v) is 7.31. The van der Waals surface area contributed by atoms with Gasteiger partial charge in [-0.1, -0.05) is 37.5 Å². The van der Waals surface area contributed by atoms with Crippen LogP contribution in [0.2, 0.25) is 0 Å². The molecule has 1 aliphatic heterocycles. The van der Waals surface area contributed by atoms with E-state index in [1.54, 1.807) is 0 Å². The van der Waals surface area contributed by atoms with E-state index in [2.05, 4.69) is 5.32 Å². The van der Waals surface area contributed by atoms with Crippen LogP contribution in [-0.4, -0.2) is 48.9 Å². The number of rotatable bonds is 6. The number of benzene rings is 1. The molecule has 1 aromatic rings. The molecule has 5 nitrogen and oxygen atoms in total. The summed E-state index contributed by atoms with van der Waals surface area (Å²) in [7, 11) is 1.94. The minimum absolute atomic E-state index is 0.00693. The van der Waals surface area contributed by atoms with Crippen molar-refractivity contribution in [3.05, 3.63) is 30.3 Å². The molecular formula is C20H28N2O3. The predicted molar refractivity (Wildman–Crippen MR) is 96.5 cm³/mol. The summed E-state index contributed by atoms with van der Waals surface area (Å²) in [6.45, 7) is 0.710. The number of aldehydes is 1. The number of carbonyl (C=O) groups excluding carboxylic acids is 2. The minimum atomic E-state index is -0.352. The van der Waals surface area contributed by atoms with Crippen molar-refractivity contribution in [3.63, 3.8) is 0 Å². The maximum atomic E-state index is 12.7. The van der Waals surface area contributed by atoms with Crippen LogP contribution < -0.4 is 10.1 Å². The molecule has 2 fully saturated rings. The Morgan fingerprint density at radius 3 is 2.64 bits per heavy atom. The lowest BCUT2D eigenvalue weighted by atomic mass is 9.84. The van der Waals surface area contributed by atoms with Crippen molar-refractivity contribution in [3.8, 4) is 5.75 Å². The van der Waals surface area contributed by atoms with Crippen molar-refractivity contribution < 1.29 is 14.3 Å². The highest BCUT2D eigenvalue weighted by atomic mass is 16.5. The van der Waals surface area contributed by atoms with E-state index < -0.39 is 0 Å². The number of nitrogens with one attached hydrogen (secondary N) is 1. The Balaban J connectivity index is 1.55. The highest BCUT2D eigenvalue weighted by Crippen LogP contribution is 2.27. The van der Waals surface area contributed by atoms with Crippen LogP contribution in [0, 0.1) is 5.92 Å². The van der Waals surface area contributed by atoms with Gasteiger partial charge in [0.15, 0.2) is 0 Å². The average Bonchev–Trinajstić information content (AvgIpc) is 3.01. The molecule has 3 rings (SSSR count). The molecule has 5 heteroatoms. The van der Waals surface area contributed by atoms with Crippen LogP contribution >= 0.6 is 0 Å². The van der Waals surface area contributed by atoms with Crippen LogP contribution in [-0.2, 0) is 9.59 Å². The van der Waals surface area contributed by atoms with E-state index in [4.69, 9.17) is 4.74 Å². The first-order chi connectivity index (χ1) is 12.2. The highest BCUT2D eigenvalue weighted by molar-refractivity contribution is 5.84. The summed E-state index contributed by atoms with van der Waals surface area (Å²) in [6.07, 6.45) is 7.16. The SMILES string of the molecule is CN1C[C@H](Oc2ccccc2)C[C@H]1C(=O)N[C@H](C=O)C1CCCCC1. The van der Waals surface area contributed by atoms with Gasteiger partial charge >= 0.3 is 0 Å². The van der Waals surface area contributed by atoms with Gasteiger partial charge in [0.2, 0.25) is 5.91 Å². The minimum Gasteiger partial charge on any atom is -0.489 e. The zero-order valence-electron chi connectivity index (χ0n) is 14.9. The first kappa shape index (κ1) is 17.9. The molecular weight excluding hydrogens is 316 g/mol. The molecule has 0 aromatic heterocycles. The fourth-order valence-corrected chi connectivity index (χ4v) is 4.05. The zero-order valence-corrected chi connectivity index (χ0v) is 14.9. The number of ether oxygens (including phenoxy) is 1. The number of para-hydroxylation sites is 1. The van der Waals surface area contributed by atoms with Crippen LogP contribution in [0.15, 0.2) is 30.3 Å². The largest absolute Gasteiger partial charge is 0.489 e. The standard InChI is InChI=1S/C20H28N2O3/c1-22-13-17(25-16-10-6-3-7-11-16)12-19(22)20(24)21-18(14-23)15-8-4-2-5-9-15/h3,6-7,10-11,14-15,17-19H,2,4-5,8-9,12-13H2,1H3,(H,21,24)/t17-,18-,19+/m1/s1. The number of likely N-dealkylation sites (tertiary alicyclic amines) is 1. The van der Waals surface area contributed by atoms with E-state index in [1.165, 1.54) is 6.42 Å². The smallest absolute Gasteiger partial charge is 0.238 e. The van der Waals surface area contributed by atoms with Crippen molar-refractivity contribution in [1.82, 2.24) is 10.2 Å². The first-order valence-corrected chi connectivity index (χ1v) is 9.35. The van der Waals surface area contributed by atoms with Crippen LogP contribution in [0.3, 0.4) is 0 Å². The summed E-state index contributed by atoms with van der Waals surface area (Å²) in [5.74, 6) is 1.07. The molecule has 25 heavy (non-hydrogen) atoms. The van der Waals surface area contributed by atoms with Gasteiger partial charge in [0, 0.05) is 13.0 Å². The van der Waals surface area contributed by atoms with Gasteiger partial charge in [0.05, 0.1) is 12.1 Å². The number of hydrogen-bond acceptors (Lipinski definition) is 4. The monoisotopic (exact) mass is 344 g/mol. The first-order valence-electron chi connectivity index (χ1n) is 9.35. The van der Waals surface area contributed by atoms with Gasteiger partial charge in [0.1, 0.15) is 18.1 Å². The molecule has 136 valence electrons. The predicted octanol–water partition coefficient (Wildman–Crippen LogP) is 2.40. The second-order valence-electron chi connectivity index (χ2n) is 7.31. The molecule has 1 aromatic carbocycles. The van der Waals surface area contributed by atoms with Crippen LogP contribution in [0.25, 0.3) is 0 Å². The Hall–Kier alpha value is -1.88.